The van der Waals surface area contributed by atoms with Gasteiger partial charge in [-0.15, -0.1) is 0 Å². The van der Waals surface area contributed by atoms with Crippen LogP contribution < -0.4 is 10.6 Å². The molecule has 5 heteroatoms. The molecule has 1 saturated heterocycles. The molecule has 2 aliphatic rings. The fourth-order valence-electron chi connectivity index (χ4n) is 6.23. The number of piperidine rings is 1. The highest BCUT2D eigenvalue weighted by molar-refractivity contribution is 5.94. The van der Waals surface area contributed by atoms with E-state index in [1.165, 1.54) is 16.7 Å². The third-order valence-corrected chi connectivity index (χ3v) is 8.14. The average molecular weight is 496 g/mol. The van der Waals surface area contributed by atoms with E-state index in [1.807, 2.05) is 37.3 Å². The first-order chi connectivity index (χ1) is 18.1. The molecule has 0 unspecified atom stereocenters. The molecular formula is C32H37N3O2. The molecule has 1 heterocycles. The van der Waals surface area contributed by atoms with Gasteiger partial charge in [0, 0.05) is 43.7 Å². The molecule has 1 aliphatic carbocycles. The normalized spacial score (nSPS) is 22.1. The summed E-state index contributed by atoms with van der Waals surface area (Å²) in [6, 6.07) is 28.8. The summed E-state index contributed by atoms with van der Waals surface area (Å²) in [6.07, 6.45) is 3.54. The largest absolute Gasteiger partial charge is 0.356 e. The summed E-state index contributed by atoms with van der Waals surface area (Å²) < 4.78 is 0. The minimum absolute atomic E-state index is 0.00833. The summed E-state index contributed by atoms with van der Waals surface area (Å²) in [5.74, 6) is 0.429. The molecule has 5 rings (SSSR count). The van der Waals surface area contributed by atoms with Crippen LogP contribution in [0.1, 0.15) is 65.6 Å². The fraction of sp³-hybridized carbons (Fsp3) is 0.375. The second kappa shape index (κ2) is 11.3. The molecule has 1 aliphatic heterocycles. The van der Waals surface area contributed by atoms with Crippen LogP contribution in [-0.2, 0) is 10.2 Å². The number of amides is 2. The summed E-state index contributed by atoms with van der Waals surface area (Å²) in [6.45, 7) is 5.06. The zero-order valence-corrected chi connectivity index (χ0v) is 21.7. The van der Waals surface area contributed by atoms with E-state index in [9.17, 15) is 9.59 Å². The number of benzene rings is 3. The second-order valence-electron chi connectivity index (χ2n) is 10.4. The highest BCUT2D eigenvalue weighted by Gasteiger charge is 2.47. The quantitative estimate of drug-likeness (QED) is 0.491. The maximum atomic E-state index is 13.8. The van der Waals surface area contributed by atoms with E-state index < -0.39 is 5.41 Å². The molecule has 5 nitrogen and oxygen atoms in total. The van der Waals surface area contributed by atoms with E-state index in [1.54, 1.807) is 0 Å². The maximum Gasteiger partial charge on any atom is 0.251 e. The molecule has 0 spiro atoms. The standard InChI is InChI=1S/C32H37N3O2/c1-2-33-31(37)32(20-17-27(24-11-5-3-6-12-24)28-15-9-10-16-29(28)32)23-35-21-18-26(19-22-35)34-30(36)25-13-7-4-8-14-25/h3-16,26-27H,2,17-23H2,1H3,(H,33,37)(H,34,36)/t27-,32-/m1/s1. The number of hydrogen-bond acceptors (Lipinski definition) is 3. The SMILES string of the molecule is CCNC(=O)[C@@]1(CN2CCC(NC(=O)c3ccccc3)CC2)CC[C@H](c2ccccc2)c2ccccc21. The minimum Gasteiger partial charge on any atom is -0.356 e. The van der Waals surface area contributed by atoms with Gasteiger partial charge in [0.2, 0.25) is 5.91 Å². The van der Waals surface area contributed by atoms with Gasteiger partial charge in [0.25, 0.3) is 5.91 Å². The molecule has 3 aromatic carbocycles. The van der Waals surface area contributed by atoms with Crippen molar-refractivity contribution in [3.8, 4) is 0 Å². The van der Waals surface area contributed by atoms with Crippen LogP contribution in [0, 0.1) is 0 Å². The summed E-state index contributed by atoms with van der Waals surface area (Å²) in [7, 11) is 0. The van der Waals surface area contributed by atoms with Crippen molar-refractivity contribution in [3.05, 3.63) is 107 Å². The number of rotatable bonds is 7. The van der Waals surface area contributed by atoms with Crippen molar-refractivity contribution < 1.29 is 9.59 Å². The van der Waals surface area contributed by atoms with Gasteiger partial charge in [-0.05, 0) is 61.4 Å². The predicted molar refractivity (Wildman–Crippen MR) is 148 cm³/mol. The van der Waals surface area contributed by atoms with Crippen molar-refractivity contribution in [2.45, 2.75) is 50.0 Å². The maximum absolute atomic E-state index is 13.8. The van der Waals surface area contributed by atoms with Crippen molar-refractivity contribution in [1.82, 2.24) is 15.5 Å². The zero-order valence-electron chi connectivity index (χ0n) is 21.7. The lowest BCUT2D eigenvalue weighted by Gasteiger charge is -2.45. The van der Waals surface area contributed by atoms with Crippen LogP contribution in [0.5, 0.6) is 0 Å². The van der Waals surface area contributed by atoms with Gasteiger partial charge >= 0.3 is 0 Å². The molecule has 0 bridgehead atoms. The molecular weight excluding hydrogens is 458 g/mol. The number of nitrogens with zero attached hydrogens (tertiary/aromatic N) is 1. The van der Waals surface area contributed by atoms with Crippen molar-refractivity contribution in [2.75, 3.05) is 26.2 Å². The number of carbonyl (C=O) groups excluding carboxylic acids is 2. The molecule has 2 N–H and O–H groups in total. The number of fused-ring (bicyclic) bond motifs is 1. The van der Waals surface area contributed by atoms with Crippen molar-refractivity contribution in [1.29, 1.82) is 0 Å². The average Bonchev–Trinajstić information content (AvgIpc) is 2.95. The zero-order chi connectivity index (χ0) is 25.7. The highest BCUT2D eigenvalue weighted by atomic mass is 16.2. The van der Waals surface area contributed by atoms with Crippen molar-refractivity contribution in [3.63, 3.8) is 0 Å². The number of likely N-dealkylation sites (tertiary alicyclic amines) is 1. The molecule has 0 saturated carbocycles. The molecule has 2 amide bonds. The Kier molecular flexibility index (Phi) is 7.71. The van der Waals surface area contributed by atoms with E-state index >= 15 is 0 Å². The summed E-state index contributed by atoms with van der Waals surface area (Å²) >= 11 is 0. The Morgan fingerprint density at radius 2 is 1.51 bits per heavy atom. The van der Waals surface area contributed by atoms with Crippen LogP contribution in [0.2, 0.25) is 0 Å². The summed E-state index contributed by atoms with van der Waals surface area (Å²) in [4.78, 5) is 28.8. The Bertz CT molecular complexity index is 1200. The van der Waals surface area contributed by atoms with E-state index in [-0.39, 0.29) is 17.9 Å². The lowest BCUT2D eigenvalue weighted by atomic mass is 9.64. The number of hydrogen-bond donors (Lipinski definition) is 2. The summed E-state index contributed by atoms with van der Waals surface area (Å²) in [5.41, 5.74) is 3.89. The smallest absolute Gasteiger partial charge is 0.251 e. The molecule has 0 aromatic heterocycles. The lowest BCUT2D eigenvalue weighted by Crippen LogP contribution is -2.55. The Labute approximate surface area is 220 Å². The van der Waals surface area contributed by atoms with E-state index in [0.29, 0.717) is 24.6 Å². The third-order valence-electron chi connectivity index (χ3n) is 8.14. The first kappa shape index (κ1) is 25.2. The number of likely N-dealkylation sites (N-methyl/N-ethyl adjacent to an activating group) is 1. The Balaban J connectivity index is 1.34. The van der Waals surface area contributed by atoms with E-state index in [0.717, 1.165) is 38.8 Å². The van der Waals surface area contributed by atoms with Gasteiger partial charge < -0.3 is 15.5 Å². The van der Waals surface area contributed by atoms with Gasteiger partial charge in [-0.2, -0.15) is 0 Å². The topological polar surface area (TPSA) is 61.4 Å². The fourth-order valence-corrected chi connectivity index (χ4v) is 6.23. The molecule has 2 atom stereocenters. The van der Waals surface area contributed by atoms with Crippen LogP contribution >= 0.6 is 0 Å². The Morgan fingerprint density at radius 3 is 2.22 bits per heavy atom. The van der Waals surface area contributed by atoms with Crippen molar-refractivity contribution in [2.24, 2.45) is 0 Å². The monoisotopic (exact) mass is 495 g/mol. The van der Waals surface area contributed by atoms with E-state index in [2.05, 4.69) is 70.1 Å². The first-order valence-electron chi connectivity index (χ1n) is 13.6. The van der Waals surface area contributed by atoms with Crippen LogP contribution in [0.3, 0.4) is 0 Å². The van der Waals surface area contributed by atoms with Gasteiger partial charge in [-0.25, -0.2) is 0 Å². The summed E-state index contributed by atoms with van der Waals surface area (Å²) in [5, 5.41) is 6.38. The predicted octanol–water partition coefficient (Wildman–Crippen LogP) is 4.88. The number of nitrogens with one attached hydrogen (secondary N) is 2. The minimum atomic E-state index is -0.571. The van der Waals surface area contributed by atoms with Gasteiger partial charge in [0.1, 0.15) is 0 Å². The molecule has 0 radical (unpaired) electrons. The third kappa shape index (κ3) is 5.33. The van der Waals surface area contributed by atoms with Crippen LogP contribution in [-0.4, -0.2) is 48.9 Å². The highest BCUT2D eigenvalue weighted by Crippen LogP contribution is 2.46. The van der Waals surface area contributed by atoms with Gasteiger partial charge in [-0.3, -0.25) is 9.59 Å². The van der Waals surface area contributed by atoms with Gasteiger partial charge in [0.05, 0.1) is 5.41 Å². The Hall–Kier alpha value is -3.44. The molecule has 1 fully saturated rings. The van der Waals surface area contributed by atoms with Crippen molar-refractivity contribution >= 4 is 11.8 Å². The Morgan fingerprint density at radius 1 is 0.865 bits per heavy atom. The molecule has 192 valence electrons. The molecule has 37 heavy (non-hydrogen) atoms. The van der Waals surface area contributed by atoms with E-state index in [4.69, 9.17) is 0 Å². The van der Waals surface area contributed by atoms with Gasteiger partial charge in [-0.1, -0.05) is 72.8 Å². The van der Waals surface area contributed by atoms with Crippen LogP contribution in [0.4, 0.5) is 0 Å². The van der Waals surface area contributed by atoms with Crippen LogP contribution in [0.25, 0.3) is 0 Å². The number of carbonyl (C=O) groups is 2. The first-order valence-corrected chi connectivity index (χ1v) is 13.6. The van der Waals surface area contributed by atoms with Gasteiger partial charge in [0.15, 0.2) is 0 Å². The lowest BCUT2D eigenvalue weighted by molar-refractivity contribution is -0.128. The molecule has 3 aromatic rings. The van der Waals surface area contributed by atoms with Crippen LogP contribution in [0.15, 0.2) is 84.9 Å². The second-order valence-corrected chi connectivity index (χ2v) is 10.4.